The SMILES string of the molecule is NC(=NO)C1CC(=O)N(CCc2ccccc2)C1. The van der Waals surface area contributed by atoms with Crippen molar-refractivity contribution in [3.63, 3.8) is 0 Å². The average molecular weight is 247 g/mol. The number of nitrogens with two attached hydrogens (primary N) is 1. The Balaban J connectivity index is 1.89. The Hall–Kier alpha value is -2.04. The van der Waals surface area contributed by atoms with Crippen LogP contribution in [0.25, 0.3) is 0 Å². The second-order valence-corrected chi connectivity index (χ2v) is 4.50. The predicted molar refractivity (Wildman–Crippen MR) is 68.2 cm³/mol. The van der Waals surface area contributed by atoms with Crippen molar-refractivity contribution in [3.8, 4) is 0 Å². The van der Waals surface area contributed by atoms with Gasteiger partial charge in [-0.3, -0.25) is 4.79 Å². The van der Waals surface area contributed by atoms with E-state index in [1.807, 2.05) is 30.3 Å². The molecule has 0 aliphatic carbocycles. The molecule has 96 valence electrons. The normalized spacial score (nSPS) is 20.4. The van der Waals surface area contributed by atoms with E-state index in [0.717, 1.165) is 6.42 Å². The van der Waals surface area contributed by atoms with Crippen molar-refractivity contribution in [1.29, 1.82) is 0 Å². The van der Waals surface area contributed by atoms with Crippen LogP contribution in [0.15, 0.2) is 35.5 Å². The highest BCUT2D eigenvalue weighted by atomic mass is 16.4. The molecule has 0 bridgehead atoms. The van der Waals surface area contributed by atoms with Gasteiger partial charge in [0.15, 0.2) is 0 Å². The molecule has 5 nitrogen and oxygen atoms in total. The molecule has 0 saturated carbocycles. The fraction of sp³-hybridized carbons (Fsp3) is 0.385. The van der Waals surface area contributed by atoms with Gasteiger partial charge in [0, 0.05) is 25.4 Å². The van der Waals surface area contributed by atoms with E-state index < -0.39 is 0 Å². The van der Waals surface area contributed by atoms with Crippen molar-refractivity contribution in [2.75, 3.05) is 13.1 Å². The van der Waals surface area contributed by atoms with Crippen LogP contribution in [0.2, 0.25) is 0 Å². The van der Waals surface area contributed by atoms with Gasteiger partial charge in [-0.15, -0.1) is 0 Å². The average Bonchev–Trinajstić information content (AvgIpc) is 2.78. The van der Waals surface area contributed by atoms with E-state index in [0.29, 0.717) is 19.5 Å². The fourth-order valence-electron chi connectivity index (χ4n) is 2.18. The monoisotopic (exact) mass is 247 g/mol. The first-order chi connectivity index (χ1) is 8.70. The van der Waals surface area contributed by atoms with Crippen LogP contribution in [0.3, 0.4) is 0 Å². The third-order valence-electron chi connectivity index (χ3n) is 3.26. The summed E-state index contributed by atoms with van der Waals surface area (Å²) in [6, 6.07) is 10.0. The van der Waals surface area contributed by atoms with Crippen molar-refractivity contribution in [3.05, 3.63) is 35.9 Å². The van der Waals surface area contributed by atoms with E-state index in [9.17, 15) is 4.79 Å². The minimum Gasteiger partial charge on any atom is -0.409 e. The lowest BCUT2D eigenvalue weighted by Gasteiger charge is -2.16. The summed E-state index contributed by atoms with van der Waals surface area (Å²) in [5.41, 5.74) is 6.74. The Morgan fingerprint density at radius 3 is 2.83 bits per heavy atom. The molecular formula is C13H17N3O2. The second-order valence-electron chi connectivity index (χ2n) is 4.50. The first-order valence-corrected chi connectivity index (χ1v) is 6.00. The molecule has 0 aromatic heterocycles. The van der Waals surface area contributed by atoms with Crippen LogP contribution in [0.1, 0.15) is 12.0 Å². The number of nitrogens with zero attached hydrogens (tertiary/aromatic N) is 2. The molecule has 1 heterocycles. The van der Waals surface area contributed by atoms with Crippen LogP contribution in [0, 0.1) is 5.92 Å². The molecule has 1 aromatic rings. The molecule has 0 radical (unpaired) electrons. The number of amidine groups is 1. The zero-order valence-corrected chi connectivity index (χ0v) is 10.1. The topological polar surface area (TPSA) is 78.9 Å². The maximum absolute atomic E-state index is 11.8. The smallest absolute Gasteiger partial charge is 0.223 e. The van der Waals surface area contributed by atoms with Crippen molar-refractivity contribution < 1.29 is 10.0 Å². The summed E-state index contributed by atoms with van der Waals surface area (Å²) in [5.74, 6) is 0.0614. The van der Waals surface area contributed by atoms with Crippen LogP contribution in [-0.2, 0) is 11.2 Å². The molecule has 3 N–H and O–H groups in total. The quantitative estimate of drug-likeness (QED) is 0.358. The first-order valence-electron chi connectivity index (χ1n) is 6.00. The number of oxime groups is 1. The van der Waals surface area contributed by atoms with Crippen LogP contribution in [-0.4, -0.2) is 34.9 Å². The van der Waals surface area contributed by atoms with Gasteiger partial charge < -0.3 is 15.8 Å². The van der Waals surface area contributed by atoms with Gasteiger partial charge in [-0.2, -0.15) is 0 Å². The van der Waals surface area contributed by atoms with Gasteiger partial charge in [0.05, 0.1) is 0 Å². The summed E-state index contributed by atoms with van der Waals surface area (Å²) in [6.07, 6.45) is 1.17. The van der Waals surface area contributed by atoms with E-state index in [1.54, 1.807) is 4.90 Å². The molecule has 1 aromatic carbocycles. The molecule has 1 aliphatic rings. The van der Waals surface area contributed by atoms with Crippen molar-refractivity contribution in [1.82, 2.24) is 4.90 Å². The van der Waals surface area contributed by atoms with E-state index in [2.05, 4.69) is 5.16 Å². The third-order valence-corrected chi connectivity index (χ3v) is 3.26. The summed E-state index contributed by atoms with van der Waals surface area (Å²) in [6.45, 7) is 1.22. The highest BCUT2D eigenvalue weighted by molar-refractivity contribution is 5.91. The second kappa shape index (κ2) is 5.53. The molecular weight excluding hydrogens is 230 g/mol. The van der Waals surface area contributed by atoms with Crippen LogP contribution >= 0.6 is 0 Å². The minimum absolute atomic E-state index is 0.0718. The molecule has 0 spiro atoms. The lowest BCUT2D eigenvalue weighted by atomic mass is 10.1. The molecule has 1 atom stereocenters. The minimum atomic E-state index is -0.154. The number of hydrogen-bond acceptors (Lipinski definition) is 3. The molecule has 1 unspecified atom stereocenters. The predicted octanol–water partition coefficient (Wildman–Crippen LogP) is 0.824. The molecule has 1 amide bonds. The molecule has 1 aliphatic heterocycles. The zero-order chi connectivity index (χ0) is 13.0. The number of rotatable bonds is 4. The largest absolute Gasteiger partial charge is 0.409 e. The van der Waals surface area contributed by atoms with Crippen LogP contribution < -0.4 is 5.73 Å². The summed E-state index contributed by atoms with van der Waals surface area (Å²) in [7, 11) is 0. The van der Waals surface area contributed by atoms with Gasteiger partial charge >= 0.3 is 0 Å². The summed E-state index contributed by atoms with van der Waals surface area (Å²) in [4.78, 5) is 13.5. The van der Waals surface area contributed by atoms with Gasteiger partial charge in [-0.25, -0.2) is 0 Å². The lowest BCUT2D eigenvalue weighted by Crippen LogP contribution is -2.30. The van der Waals surface area contributed by atoms with Gasteiger partial charge in [0.2, 0.25) is 5.91 Å². The van der Waals surface area contributed by atoms with Crippen molar-refractivity contribution >= 4 is 11.7 Å². The number of benzene rings is 1. The van der Waals surface area contributed by atoms with Crippen molar-refractivity contribution in [2.45, 2.75) is 12.8 Å². The highest BCUT2D eigenvalue weighted by Crippen LogP contribution is 2.18. The lowest BCUT2D eigenvalue weighted by molar-refractivity contribution is -0.127. The van der Waals surface area contributed by atoms with Crippen molar-refractivity contribution in [2.24, 2.45) is 16.8 Å². The van der Waals surface area contributed by atoms with Gasteiger partial charge in [-0.05, 0) is 12.0 Å². The Morgan fingerprint density at radius 2 is 2.17 bits per heavy atom. The van der Waals surface area contributed by atoms with E-state index in [4.69, 9.17) is 10.9 Å². The Bertz CT molecular complexity index is 445. The maximum Gasteiger partial charge on any atom is 0.223 e. The van der Waals surface area contributed by atoms with E-state index in [1.165, 1.54) is 5.56 Å². The first kappa shape index (κ1) is 12.4. The van der Waals surface area contributed by atoms with Crippen LogP contribution in [0.4, 0.5) is 0 Å². The van der Waals surface area contributed by atoms with E-state index in [-0.39, 0.29) is 17.7 Å². The standard InChI is InChI=1S/C13H17N3O2/c14-13(15-18)11-8-12(17)16(9-11)7-6-10-4-2-1-3-5-10/h1-5,11,18H,6-9H2,(H2,14,15). The number of likely N-dealkylation sites (tertiary alicyclic amines) is 1. The van der Waals surface area contributed by atoms with E-state index >= 15 is 0 Å². The summed E-state index contributed by atoms with van der Waals surface area (Å²) < 4.78 is 0. The number of amides is 1. The third kappa shape index (κ3) is 2.80. The molecule has 1 saturated heterocycles. The molecule has 1 fully saturated rings. The Morgan fingerprint density at radius 1 is 1.44 bits per heavy atom. The number of carbonyl (C=O) groups is 1. The maximum atomic E-state index is 11.8. The fourth-order valence-corrected chi connectivity index (χ4v) is 2.18. The number of carbonyl (C=O) groups excluding carboxylic acids is 1. The molecule has 2 rings (SSSR count). The summed E-state index contributed by atoms with van der Waals surface area (Å²) >= 11 is 0. The zero-order valence-electron chi connectivity index (χ0n) is 10.1. The molecule has 18 heavy (non-hydrogen) atoms. The summed E-state index contributed by atoms with van der Waals surface area (Å²) in [5, 5.41) is 11.6. The Kier molecular flexibility index (Phi) is 3.82. The number of hydrogen-bond donors (Lipinski definition) is 2. The van der Waals surface area contributed by atoms with Crippen LogP contribution in [0.5, 0.6) is 0 Å². The highest BCUT2D eigenvalue weighted by Gasteiger charge is 2.31. The van der Waals surface area contributed by atoms with Gasteiger partial charge in [-0.1, -0.05) is 35.5 Å². The Labute approximate surface area is 106 Å². The van der Waals surface area contributed by atoms with Gasteiger partial charge in [0.25, 0.3) is 0 Å². The molecule has 5 heteroatoms. The van der Waals surface area contributed by atoms with Gasteiger partial charge in [0.1, 0.15) is 5.84 Å².